The average molecular weight is 375 g/mol. The first-order chi connectivity index (χ1) is 12.5. The van der Waals surface area contributed by atoms with E-state index in [0.29, 0.717) is 35.6 Å². The maximum atomic E-state index is 11.9. The van der Waals surface area contributed by atoms with Gasteiger partial charge in [0, 0.05) is 23.5 Å². The van der Waals surface area contributed by atoms with Crippen molar-refractivity contribution in [3.8, 4) is 0 Å². The van der Waals surface area contributed by atoms with Gasteiger partial charge in [-0.3, -0.25) is 4.79 Å². The Labute approximate surface area is 155 Å². The Morgan fingerprint density at radius 2 is 1.77 bits per heavy atom. The van der Waals surface area contributed by atoms with E-state index >= 15 is 0 Å². The zero-order chi connectivity index (χ0) is 18.9. The van der Waals surface area contributed by atoms with E-state index in [4.69, 9.17) is 0 Å². The number of amides is 3. The number of benzene rings is 1. The number of aryl methyl sites for hydroxylation is 1. The predicted octanol–water partition coefficient (Wildman–Crippen LogP) is 2.78. The van der Waals surface area contributed by atoms with Crippen LogP contribution in [0.25, 0.3) is 0 Å². The second-order valence-corrected chi connectivity index (χ2v) is 6.68. The zero-order valence-corrected chi connectivity index (χ0v) is 15.4. The molecule has 0 unspecified atom stereocenters. The number of ether oxygens (including phenoxy) is 1. The summed E-state index contributed by atoms with van der Waals surface area (Å²) in [5.41, 5.74) is 1.18. The minimum Gasteiger partial charge on any atom is -0.465 e. The molecule has 2 aromatic rings. The topological polar surface area (TPSA) is 96.5 Å². The van der Waals surface area contributed by atoms with Crippen molar-refractivity contribution in [1.29, 1.82) is 0 Å². The molecule has 3 amide bonds. The lowest BCUT2D eigenvalue weighted by Gasteiger charge is -2.08. The highest BCUT2D eigenvalue weighted by Crippen LogP contribution is 2.26. The second-order valence-electron chi connectivity index (χ2n) is 5.43. The molecule has 7 nitrogen and oxygen atoms in total. The van der Waals surface area contributed by atoms with Crippen LogP contribution in [0.3, 0.4) is 0 Å². The smallest absolute Gasteiger partial charge is 0.348 e. The van der Waals surface area contributed by atoms with Crippen molar-refractivity contribution in [2.24, 2.45) is 0 Å². The normalized spacial score (nSPS) is 10.1. The number of thiophene rings is 1. The Kier molecular flexibility index (Phi) is 7.16. The maximum absolute atomic E-state index is 11.9. The van der Waals surface area contributed by atoms with Gasteiger partial charge < -0.3 is 20.7 Å². The first-order valence-electron chi connectivity index (χ1n) is 8.08. The molecule has 3 N–H and O–H groups in total. The number of urea groups is 1. The van der Waals surface area contributed by atoms with Crippen LogP contribution in [0.15, 0.2) is 36.4 Å². The van der Waals surface area contributed by atoms with Crippen molar-refractivity contribution in [3.63, 3.8) is 0 Å². The molecule has 0 atom stereocenters. The number of hydrogen-bond acceptors (Lipinski definition) is 5. The molecule has 0 spiro atoms. The summed E-state index contributed by atoms with van der Waals surface area (Å²) in [5, 5.41) is 8.21. The van der Waals surface area contributed by atoms with Gasteiger partial charge in [-0.2, -0.15) is 0 Å². The Bertz CT molecular complexity index is 774. The van der Waals surface area contributed by atoms with Crippen LogP contribution in [0.2, 0.25) is 0 Å². The van der Waals surface area contributed by atoms with Gasteiger partial charge in [0.15, 0.2) is 0 Å². The fourth-order valence-electron chi connectivity index (χ4n) is 2.16. The maximum Gasteiger partial charge on any atom is 0.348 e. The molecule has 0 aliphatic carbocycles. The van der Waals surface area contributed by atoms with Crippen LogP contribution in [0.1, 0.15) is 31.3 Å². The van der Waals surface area contributed by atoms with Crippen LogP contribution in [0.4, 0.5) is 10.5 Å². The third-order valence-electron chi connectivity index (χ3n) is 3.51. The van der Waals surface area contributed by atoms with Crippen molar-refractivity contribution < 1.29 is 19.1 Å². The van der Waals surface area contributed by atoms with E-state index in [2.05, 4.69) is 20.7 Å². The largest absolute Gasteiger partial charge is 0.465 e. The summed E-state index contributed by atoms with van der Waals surface area (Å²) in [6.45, 7) is 2.68. The van der Waals surface area contributed by atoms with Gasteiger partial charge in [0.25, 0.3) is 5.91 Å². The molecule has 1 aromatic heterocycles. The van der Waals surface area contributed by atoms with Crippen molar-refractivity contribution in [2.75, 3.05) is 25.5 Å². The minimum atomic E-state index is -0.430. The molecular weight excluding hydrogens is 354 g/mol. The third kappa shape index (κ3) is 5.59. The van der Waals surface area contributed by atoms with Crippen LogP contribution >= 0.6 is 11.3 Å². The van der Waals surface area contributed by atoms with E-state index < -0.39 is 5.97 Å². The Hall–Kier alpha value is -2.87. The monoisotopic (exact) mass is 375 g/mol. The predicted molar refractivity (Wildman–Crippen MR) is 101 cm³/mol. The highest BCUT2D eigenvalue weighted by Gasteiger charge is 2.14. The molecule has 0 saturated carbocycles. The number of carbonyl (C=O) groups excluding carboxylic acids is 3. The quantitative estimate of drug-likeness (QED) is 0.512. The van der Waals surface area contributed by atoms with Crippen LogP contribution in [-0.4, -0.2) is 38.1 Å². The SMILES string of the molecule is COC(=O)c1cc(NC(=O)NCCCNC(=O)c2ccccc2)c(C)s1. The van der Waals surface area contributed by atoms with Crippen LogP contribution in [-0.2, 0) is 4.74 Å². The fourth-order valence-corrected chi connectivity index (χ4v) is 3.05. The molecule has 0 fully saturated rings. The van der Waals surface area contributed by atoms with E-state index in [-0.39, 0.29) is 11.9 Å². The van der Waals surface area contributed by atoms with Crippen LogP contribution in [0, 0.1) is 6.92 Å². The molecule has 2 rings (SSSR count). The first kappa shape index (κ1) is 19.5. The number of esters is 1. The second kappa shape index (κ2) is 9.57. The molecule has 138 valence electrons. The van der Waals surface area contributed by atoms with Gasteiger partial charge in [0.1, 0.15) is 4.88 Å². The van der Waals surface area contributed by atoms with E-state index in [1.165, 1.54) is 18.4 Å². The van der Waals surface area contributed by atoms with Gasteiger partial charge >= 0.3 is 12.0 Å². The highest BCUT2D eigenvalue weighted by atomic mass is 32.1. The van der Waals surface area contributed by atoms with Gasteiger partial charge in [-0.05, 0) is 31.5 Å². The summed E-state index contributed by atoms with van der Waals surface area (Å²) in [4.78, 5) is 36.5. The summed E-state index contributed by atoms with van der Waals surface area (Å²) in [6.07, 6.45) is 0.599. The van der Waals surface area contributed by atoms with Gasteiger partial charge in [0.2, 0.25) is 0 Å². The van der Waals surface area contributed by atoms with Crippen LogP contribution < -0.4 is 16.0 Å². The summed E-state index contributed by atoms with van der Waals surface area (Å²) < 4.78 is 4.66. The fraction of sp³-hybridized carbons (Fsp3) is 0.278. The molecule has 26 heavy (non-hydrogen) atoms. The minimum absolute atomic E-state index is 0.140. The van der Waals surface area contributed by atoms with Gasteiger partial charge in [0.05, 0.1) is 12.8 Å². The molecule has 8 heteroatoms. The average Bonchev–Trinajstić information content (AvgIpc) is 3.01. The highest BCUT2D eigenvalue weighted by molar-refractivity contribution is 7.14. The number of hydrogen-bond donors (Lipinski definition) is 3. The molecule has 0 saturated heterocycles. The molecule has 1 heterocycles. The van der Waals surface area contributed by atoms with E-state index in [9.17, 15) is 14.4 Å². The van der Waals surface area contributed by atoms with Gasteiger partial charge in [-0.15, -0.1) is 11.3 Å². The molecule has 0 aliphatic rings. The van der Waals surface area contributed by atoms with Crippen LogP contribution in [0.5, 0.6) is 0 Å². The number of nitrogens with one attached hydrogen (secondary N) is 3. The first-order valence-corrected chi connectivity index (χ1v) is 8.89. The van der Waals surface area contributed by atoms with E-state index in [0.717, 1.165) is 4.88 Å². The Morgan fingerprint density at radius 3 is 2.46 bits per heavy atom. The molecule has 0 bridgehead atoms. The number of carbonyl (C=O) groups is 3. The van der Waals surface area contributed by atoms with E-state index in [1.54, 1.807) is 30.3 Å². The van der Waals surface area contributed by atoms with Crippen molar-refractivity contribution in [2.45, 2.75) is 13.3 Å². The molecule has 0 radical (unpaired) electrons. The molecule has 0 aliphatic heterocycles. The van der Waals surface area contributed by atoms with Gasteiger partial charge in [-0.1, -0.05) is 18.2 Å². The van der Waals surface area contributed by atoms with Crippen molar-refractivity contribution in [1.82, 2.24) is 10.6 Å². The summed E-state index contributed by atoms with van der Waals surface area (Å²) >= 11 is 1.26. The standard InChI is InChI=1S/C18H21N3O4S/c1-12-14(11-15(26-12)17(23)25-2)21-18(24)20-10-6-9-19-16(22)13-7-4-3-5-8-13/h3-5,7-8,11H,6,9-10H2,1-2H3,(H,19,22)(H2,20,21,24). The van der Waals surface area contributed by atoms with Gasteiger partial charge in [-0.25, -0.2) is 9.59 Å². The lowest BCUT2D eigenvalue weighted by atomic mass is 10.2. The lowest BCUT2D eigenvalue weighted by Crippen LogP contribution is -2.32. The van der Waals surface area contributed by atoms with Crippen molar-refractivity contribution >= 4 is 34.9 Å². The Morgan fingerprint density at radius 1 is 1.08 bits per heavy atom. The molecule has 1 aromatic carbocycles. The van der Waals surface area contributed by atoms with Crippen molar-refractivity contribution in [3.05, 3.63) is 51.7 Å². The Balaban J connectivity index is 1.69. The zero-order valence-electron chi connectivity index (χ0n) is 14.6. The number of rotatable bonds is 7. The summed E-state index contributed by atoms with van der Waals surface area (Å²) in [5.74, 6) is -0.569. The number of methoxy groups -OCH3 is 1. The summed E-state index contributed by atoms with van der Waals surface area (Å²) in [7, 11) is 1.31. The van der Waals surface area contributed by atoms with E-state index in [1.807, 2.05) is 13.0 Å². The number of anilines is 1. The lowest BCUT2D eigenvalue weighted by molar-refractivity contribution is 0.0606. The molecular formula is C18H21N3O4S. The summed E-state index contributed by atoms with van der Waals surface area (Å²) in [6, 6.07) is 10.2. The third-order valence-corrected chi connectivity index (χ3v) is 4.54.